The fraction of sp³-hybridized carbons (Fsp3) is 0.467. The minimum absolute atomic E-state index is 0.597. The van der Waals surface area contributed by atoms with E-state index in [0.717, 1.165) is 30.8 Å². The molecule has 1 N–H and O–H groups in total. The van der Waals surface area contributed by atoms with Crippen molar-refractivity contribution in [2.45, 2.75) is 33.2 Å². The minimum Gasteiger partial charge on any atom is -0.477 e. The molecule has 0 spiro atoms. The highest BCUT2D eigenvalue weighted by Gasteiger charge is 2.06. The van der Waals surface area contributed by atoms with Crippen molar-refractivity contribution < 1.29 is 4.74 Å². The summed E-state index contributed by atoms with van der Waals surface area (Å²) in [6.07, 6.45) is 1.94. The topological polar surface area (TPSA) is 47.0 Å². The Hall–Kier alpha value is -1.17. The second-order valence-electron chi connectivity index (χ2n) is 4.71. The first kappa shape index (κ1) is 16.2. The molecule has 0 fully saturated rings. The summed E-state index contributed by atoms with van der Waals surface area (Å²) in [5.41, 5.74) is 3.77. The van der Waals surface area contributed by atoms with Crippen molar-refractivity contribution in [3.8, 4) is 5.88 Å². The molecule has 6 heteroatoms. The van der Waals surface area contributed by atoms with E-state index >= 15 is 0 Å². The third-order valence-electron chi connectivity index (χ3n) is 3.04. The zero-order valence-corrected chi connectivity index (χ0v) is 13.9. The van der Waals surface area contributed by atoms with Gasteiger partial charge in [0.25, 0.3) is 0 Å². The lowest BCUT2D eigenvalue weighted by Gasteiger charge is -2.09. The standard InChI is InChI=1S/C15H20ClN3OS/c1-3-7-17-9-13-12(16)4-5-15(19-13)20-8-6-14-11(2)18-10-21-14/h4-5,10,17H,3,6-9H2,1-2H3. The molecule has 21 heavy (non-hydrogen) atoms. The average Bonchev–Trinajstić information content (AvgIpc) is 2.88. The lowest BCUT2D eigenvalue weighted by Crippen LogP contribution is -2.15. The summed E-state index contributed by atoms with van der Waals surface area (Å²) in [6, 6.07) is 3.65. The van der Waals surface area contributed by atoms with E-state index in [2.05, 4.69) is 22.2 Å². The Morgan fingerprint density at radius 2 is 2.24 bits per heavy atom. The number of hydrogen-bond acceptors (Lipinski definition) is 5. The van der Waals surface area contributed by atoms with Gasteiger partial charge in [-0.25, -0.2) is 9.97 Å². The van der Waals surface area contributed by atoms with Gasteiger partial charge < -0.3 is 10.1 Å². The molecule has 4 nitrogen and oxygen atoms in total. The number of hydrogen-bond donors (Lipinski definition) is 1. The van der Waals surface area contributed by atoms with Crippen LogP contribution in [0.4, 0.5) is 0 Å². The number of ether oxygens (including phenoxy) is 1. The lowest BCUT2D eigenvalue weighted by molar-refractivity contribution is 0.309. The number of halogens is 1. The largest absolute Gasteiger partial charge is 0.477 e. The van der Waals surface area contributed by atoms with Gasteiger partial charge in [0.1, 0.15) is 0 Å². The number of nitrogens with zero attached hydrogens (tertiary/aromatic N) is 2. The van der Waals surface area contributed by atoms with Gasteiger partial charge in [-0.15, -0.1) is 11.3 Å². The van der Waals surface area contributed by atoms with E-state index in [9.17, 15) is 0 Å². The highest BCUT2D eigenvalue weighted by molar-refractivity contribution is 7.09. The SMILES string of the molecule is CCCNCc1nc(OCCc2scnc2C)ccc1Cl. The monoisotopic (exact) mass is 325 g/mol. The predicted octanol–water partition coefficient (Wildman–Crippen LogP) is 3.62. The van der Waals surface area contributed by atoms with Crippen LogP contribution in [0.1, 0.15) is 29.6 Å². The van der Waals surface area contributed by atoms with E-state index in [1.54, 1.807) is 11.3 Å². The van der Waals surface area contributed by atoms with Crippen molar-refractivity contribution in [3.05, 3.63) is 38.9 Å². The molecule has 2 heterocycles. The summed E-state index contributed by atoms with van der Waals surface area (Å²) in [4.78, 5) is 9.95. The quantitative estimate of drug-likeness (QED) is 0.753. The number of rotatable bonds is 8. The van der Waals surface area contributed by atoms with E-state index < -0.39 is 0 Å². The first-order chi connectivity index (χ1) is 10.2. The molecule has 0 unspecified atom stereocenters. The second-order valence-corrected chi connectivity index (χ2v) is 6.06. The van der Waals surface area contributed by atoms with Gasteiger partial charge in [-0.3, -0.25) is 0 Å². The highest BCUT2D eigenvalue weighted by Crippen LogP contribution is 2.19. The number of pyridine rings is 1. The molecule has 0 saturated heterocycles. The fourth-order valence-corrected chi connectivity index (χ4v) is 2.80. The summed E-state index contributed by atoms with van der Waals surface area (Å²) in [7, 11) is 0. The van der Waals surface area contributed by atoms with Crippen LogP contribution < -0.4 is 10.1 Å². The normalized spacial score (nSPS) is 10.8. The zero-order valence-electron chi connectivity index (χ0n) is 12.4. The summed E-state index contributed by atoms with van der Waals surface area (Å²) in [5.74, 6) is 0.620. The summed E-state index contributed by atoms with van der Waals surface area (Å²) < 4.78 is 5.72. The third-order valence-corrected chi connectivity index (χ3v) is 4.38. The number of thiazole rings is 1. The zero-order chi connectivity index (χ0) is 15.1. The summed E-state index contributed by atoms with van der Waals surface area (Å²) >= 11 is 7.81. The first-order valence-electron chi connectivity index (χ1n) is 7.08. The van der Waals surface area contributed by atoms with Gasteiger partial charge in [-0.05, 0) is 26.0 Å². The molecule has 0 radical (unpaired) electrons. The van der Waals surface area contributed by atoms with Crippen molar-refractivity contribution in [1.29, 1.82) is 0 Å². The maximum Gasteiger partial charge on any atom is 0.213 e. The number of aryl methyl sites for hydroxylation is 1. The van der Waals surface area contributed by atoms with Crippen molar-refractivity contribution in [1.82, 2.24) is 15.3 Å². The Morgan fingerprint density at radius 1 is 1.38 bits per heavy atom. The van der Waals surface area contributed by atoms with Gasteiger partial charge in [-0.2, -0.15) is 0 Å². The highest BCUT2D eigenvalue weighted by atomic mass is 35.5. The van der Waals surface area contributed by atoms with E-state index in [1.807, 2.05) is 24.6 Å². The molecule has 0 aromatic carbocycles. The molecule has 0 saturated carbocycles. The van der Waals surface area contributed by atoms with Gasteiger partial charge in [0.05, 0.1) is 28.5 Å². The van der Waals surface area contributed by atoms with Crippen LogP contribution in [0.2, 0.25) is 5.02 Å². The summed E-state index contributed by atoms with van der Waals surface area (Å²) in [5, 5.41) is 3.97. The van der Waals surface area contributed by atoms with Crippen LogP contribution in [-0.2, 0) is 13.0 Å². The molecule has 0 amide bonds. The maximum atomic E-state index is 6.15. The number of nitrogens with one attached hydrogen (secondary N) is 1. The fourth-order valence-electron chi connectivity index (χ4n) is 1.87. The van der Waals surface area contributed by atoms with Crippen LogP contribution >= 0.6 is 22.9 Å². The Morgan fingerprint density at radius 3 is 2.95 bits per heavy atom. The van der Waals surface area contributed by atoms with Crippen molar-refractivity contribution in [2.75, 3.05) is 13.2 Å². The van der Waals surface area contributed by atoms with E-state index in [-0.39, 0.29) is 0 Å². The molecular weight excluding hydrogens is 306 g/mol. The molecule has 2 aromatic rings. The van der Waals surface area contributed by atoms with E-state index in [1.165, 1.54) is 4.88 Å². The van der Waals surface area contributed by atoms with Crippen LogP contribution in [0.5, 0.6) is 5.88 Å². The Kier molecular flexibility index (Phi) is 6.42. The average molecular weight is 326 g/mol. The van der Waals surface area contributed by atoms with E-state index in [4.69, 9.17) is 16.3 Å². The van der Waals surface area contributed by atoms with Crippen molar-refractivity contribution >= 4 is 22.9 Å². The molecule has 0 aliphatic rings. The molecule has 0 atom stereocenters. The predicted molar refractivity (Wildman–Crippen MR) is 87.3 cm³/mol. The molecule has 2 rings (SSSR count). The molecule has 114 valence electrons. The minimum atomic E-state index is 0.597. The van der Waals surface area contributed by atoms with E-state index in [0.29, 0.717) is 24.1 Å². The van der Waals surface area contributed by atoms with Crippen molar-refractivity contribution in [2.24, 2.45) is 0 Å². The van der Waals surface area contributed by atoms with Gasteiger partial charge in [0, 0.05) is 23.9 Å². The second kappa shape index (κ2) is 8.32. The van der Waals surface area contributed by atoms with Crippen molar-refractivity contribution in [3.63, 3.8) is 0 Å². The Labute approximate surface area is 134 Å². The van der Waals surface area contributed by atoms with Crippen LogP contribution in [-0.4, -0.2) is 23.1 Å². The first-order valence-corrected chi connectivity index (χ1v) is 8.34. The molecule has 2 aromatic heterocycles. The third kappa shape index (κ3) is 4.95. The molecule has 0 bridgehead atoms. The van der Waals surface area contributed by atoms with Gasteiger partial charge in [0.15, 0.2) is 0 Å². The number of aromatic nitrogens is 2. The van der Waals surface area contributed by atoms with Crippen LogP contribution in [0, 0.1) is 6.92 Å². The molecule has 0 aliphatic carbocycles. The van der Waals surface area contributed by atoms with Crippen LogP contribution in [0.3, 0.4) is 0 Å². The Bertz CT molecular complexity index is 574. The van der Waals surface area contributed by atoms with Gasteiger partial charge >= 0.3 is 0 Å². The maximum absolute atomic E-state index is 6.15. The van der Waals surface area contributed by atoms with Crippen LogP contribution in [0.25, 0.3) is 0 Å². The Balaban J connectivity index is 1.88. The molecular formula is C15H20ClN3OS. The summed E-state index contributed by atoms with van der Waals surface area (Å²) in [6.45, 7) is 6.36. The van der Waals surface area contributed by atoms with Crippen LogP contribution in [0.15, 0.2) is 17.6 Å². The van der Waals surface area contributed by atoms with Gasteiger partial charge in [0.2, 0.25) is 5.88 Å². The molecule has 0 aliphatic heterocycles. The smallest absolute Gasteiger partial charge is 0.213 e. The lowest BCUT2D eigenvalue weighted by atomic mass is 10.3. The van der Waals surface area contributed by atoms with Gasteiger partial charge in [-0.1, -0.05) is 18.5 Å².